The van der Waals surface area contributed by atoms with E-state index in [-0.39, 0.29) is 5.56 Å². The SMILES string of the molecule is CCCCn1cccc(CN)c1=O. The number of pyridine rings is 1. The first kappa shape index (κ1) is 9.99. The Labute approximate surface area is 78.2 Å². The van der Waals surface area contributed by atoms with Crippen molar-refractivity contribution in [1.82, 2.24) is 4.57 Å². The fourth-order valence-corrected chi connectivity index (χ4v) is 1.25. The molecule has 13 heavy (non-hydrogen) atoms. The monoisotopic (exact) mass is 180 g/mol. The second-order valence-corrected chi connectivity index (χ2v) is 3.09. The molecule has 1 aromatic heterocycles. The zero-order valence-corrected chi connectivity index (χ0v) is 7.99. The molecule has 0 saturated heterocycles. The van der Waals surface area contributed by atoms with Crippen LogP contribution in [0, 0.1) is 0 Å². The van der Waals surface area contributed by atoms with Gasteiger partial charge in [-0.05, 0) is 12.5 Å². The molecule has 1 rings (SSSR count). The normalized spacial score (nSPS) is 10.3. The van der Waals surface area contributed by atoms with Gasteiger partial charge in [0.25, 0.3) is 5.56 Å². The minimum Gasteiger partial charge on any atom is -0.326 e. The van der Waals surface area contributed by atoms with Crippen LogP contribution in [0.25, 0.3) is 0 Å². The first-order chi connectivity index (χ1) is 6.29. The van der Waals surface area contributed by atoms with Gasteiger partial charge in [-0.25, -0.2) is 0 Å². The summed E-state index contributed by atoms with van der Waals surface area (Å²) >= 11 is 0. The maximum Gasteiger partial charge on any atom is 0.255 e. The predicted octanol–water partition coefficient (Wildman–Crippen LogP) is 1.11. The van der Waals surface area contributed by atoms with Gasteiger partial charge < -0.3 is 10.3 Å². The van der Waals surface area contributed by atoms with Gasteiger partial charge in [0.2, 0.25) is 0 Å². The van der Waals surface area contributed by atoms with Crippen molar-refractivity contribution in [2.75, 3.05) is 0 Å². The zero-order valence-electron chi connectivity index (χ0n) is 7.99. The van der Waals surface area contributed by atoms with E-state index in [2.05, 4.69) is 6.92 Å². The van der Waals surface area contributed by atoms with Crippen molar-refractivity contribution in [3.63, 3.8) is 0 Å². The van der Waals surface area contributed by atoms with Crippen LogP contribution >= 0.6 is 0 Å². The number of aromatic nitrogens is 1. The standard InChI is InChI=1S/C10H16N2O/c1-2-3-6-12-7-4-5-9(8-11)10(12)13/h4-5,7H,2-3,6,8,11H2,1H3. The average molecular weight is 180 g/mol. The van der Waals surface area contributed by atoms with Crippen LogP contribution in [0.5, 0.6) is 0 Å². The number of nitrogens with zero attached hydrogens (tertiary/aromatic N) is 1. The first-order valence-electron chi connectivity index (χ1n) is 4.68. The Hall–Kier alpha value is -1.09. The van der Waals surface area contributed by atoms with Crippen LogP contribution in [0.2, 0.25) is 0 Å². The van der Waals surface area contributed by atoms with E-state index in [0.717, 1.165) is 19.4 Å². The van der Waals surface area contributed by atoms with Crippen molar-refractivity contribution in [3.8, 4) is 0 Å². The Morgan fingerprint density at radius 2 is 2.31 bits per heavy atom. The minimum atomic E-state index is 0.0541. The molecule has 0 atom stereocenters. The third kappa shape index (κ3) is 2.42. The molecule has 1 aromatic rings. The van der Waals surface area contributed by atoms with Gasteiger partial charge in [0.1, 0.15) is 0 Å². The molecule has 0 aromatic carbocycles. The van der Waals surface area contributed by atoms with Crippen molar-refractivity contribution < 1.29 is 0 Å². The molecule has 0 bridgehead atoms. The van der Waals surface area contributed by atoms with Crippen LogP contribution in [0.4, 0.5) is 0 Å². The molecule has 0 aliphatic carbocycles. The van der Waals surface area contributed by atoms with Gasteiger partial charge in [-0.1, -0.05) is 19.4 Å². The number of hydrogen-bond acceptors (Lipinski definition) is 2. The second kappa shape index (κ2) is 4.82. The fourth-order valence-electron chi connectivity index (χ4n) is 1.25. The van der Waals surface area contributed by atoms with Crippen molar-refractivity contribution in [1.29, 1.82) is 0 Å². The predicted molar refractivity (Wildman–Crippen MR) is 53.5 cm³/mol. The summed E-state index contributed by atoms with van der Waals surface area (Å²) in [7, 11) is 0. The summed E-state index contributed by atoms with van der Waals surface area (Å²) < 4.78 is 1.73. The quantitative estimate of drug-likeness (QED) is 0.754. The van der Waals surface area contributed by atoms with Gasteiger partial charge in [0, 0.05) is 24.8 Å². The summed E-state index contributed by atoms with van der Waals surface area (Å²) in [6.07, 6.45) is 3.95. The van der Waals surface area contributed by atoms with E-state index in [1.165, 1.54) is 0 Å². The van der Waals surface area contributed by atoms with Crippen molar-refractivity contribution in [2.45, 2.75) is 32.9 Å². The second-order valence-electron chi connectivity index (χ2n) is 3.09. The summed E-state index contributed by atoms with van der Waals surface area (Å²) in [6.45, 7) is 3.23. The zero-order chi connectivity index (χ0) is 9.68. The molecule has 3 heteroatoms. The third-order valence-corrected chi connectivity index (χ3v) is 2.07. The van der Waals surface area contributed by atoms with Crippen LogP contribution in [-0.4, -0.2) is 4.57 Å². The average Bonchev–Trinajstić information content (AvgIpc) is 2.16. The fraction of sp³-hybridized carbons (Fsp3) is 0.500. The lowest BCUT2D eigenvalue weighted by Gasteiger charge is -2.05. The molecule has 0 spiro atoms. The molecule has 72 valence electrons. The smallest absolute Gasteiger partial charge is 0.255 e. The van der Waals surface area contributed by atoms with E-state index >= 15 is 0 Å². The van der Waals surface area contributed by atoms with Crippen LogP contribution < -0.4 is 11.3 Å². The Morgan fingerprint density at radius 3 is 2.92 bits per heavy atom. The minimum absolute atomic E-state index is 0.0541. The molecule has 1 heterocycles. The lowest BCUT2D eigenvalue weighted by molar-refractivity contribution is 0.608. The molecule has 0 unspecified atom stereocenters. The highest BCUT2D eigenvalue weighted by Crippen LogP contribution is 1.94. The van der Waals surface area contributed by atoms with Crippen molar-refractivity contribution >= 4 is 0 Å². The van der Waals surface area contributed by atoms with E-state index in [1.54, 1.807) is 10.6 Å². The highest BCUT2D eigenvalue weighted by Gasteiger charge is 1.99. The molecule has 0 fully saturated rings. The van der Waals surface area contributed by atoms with Crippen LogP contribution in [0.3, 0.4) is 0 Å². The highest BCUT2D eigenvalue weighted by molar-refractivity contribution is 5.09. The van der Waals surface area contributed by atoms with Gasteiger partial charge in [0.15, 0.2) is 0 Å². The summed E-state index contributed by atoms with van der Waals surface area (Å²) in [5, 5.41) is 0. The topological polar surface area (TPSA) is 48.0 Å². The highest BCUT2D eigenvalue weighted by atomic mass is 16.1. The first-order valence-corrected chi connectivity index (χ1v) is 4.68. The molecule has 0 saturated carbocycles. The lowest BCUT2D eigenvalue weighted by atomic mass is 10.2. The molecular formula is C10H16N2O. The maximum atomic E-state index is 11.6. The van der Waals surface area contributed by atoms with Crippen LogP contribution in [0.15, 0.2) is 23.1 Å². The number of unbranched alkanes of at least 4 members (excludes halogenated alkanes) is 1. The summed E-state index contributed by atoms with van der Waals surface area (Å²) in [4.78, 5) is 11.6. The summed E-state index contributed by atoms with van der Waals surface area (Å²) in [6, 6.07) is 3.66. The van der Waals surface area contributed by atoms with Crippen LogP contribution in [-0.2, 0) is 13.1 Å². The maximum absolute atomic E-state index is 11.6. The van der Waals surface area contributed by atoms with E-state index in [1.807, 2.05) is 12.3 Å². The van der Waals surface area contributed by atoms with Gasteiger partial charge in [-0.2, -0.15) is 0 Å². The van der Waals surface area contributed by atoms with Crippen molar-refractivity contribution in [2.24, 2.45) is 5.73 Å². The molecule has 0 aliphatic heterocycles. The molecule has 0 radical (unpaired) electrons. The van der Waals surface area contributed by atoms with Gasteiger partial charge in [0.05, 0.1) is 0 Å². The molecule has 2 N–H and O–H groups in total. The Bertz CT molecular complexity index is 317. The van der Waals surface area contributed by atoms with E-state index in [0.29, 0.717) is 12.1 Å². The number of nitrogens with two attached hydrogens (primary N) is 1. The van der Waals surface area contributed by atoms with Crippen LogP contribution in [0.1, 0.15) is 25.3 Å². The largest absolute Gasteiger partial charge is 0.326 e. The summed E-state index contributed by atoms with van der Waals surface area (Å²) in [5.74, 6) is 0. The van der Waals surface area contributed by atoms with E-state index in [4.69, 9.17) is 5.73 Å². The van der Waals surface area contributed by atoms with Gasteiger partial charge in [-0.3, -0.25) is 4.79 Å². The van der Waals surface area contributed by atoms with E-state index < -0.39 is 0 Å². The van der Waals surface area contributed by atoms with Crippen molar-refractivity contribution in [3.05, 3.63) is 34.2 Å². The van der Waals surface area contributed by atoms with E-state index in [9.17, 15) is 4.79 Å². The Morgan fingerprint density at radius 1 is 1.54 bits per heavy atom. The third-order valence-electron chi connectivity index (χ3n) is 2.07. The number of rotatable bonds is 4. The van der Waals surface area contributed by atoms with Gasteiger partial charge in [-0.15, -0.1) is 0 Å². The molecule has 0 aliphatic rings. The summed E-state index contributed by atoms with van der Waals surface area (Å²) in [5.41, 5.74) is 6.18. The lowest BCUT2D eigenvalue weighted by Crippen LogP contribution is -2.24. The molecule has 3 nitrogen and oxygen atoms in total. The number of aryl methyl sites for hydroxylation is 1. The Kier molecular flexibility index (Phi) is 3.71. The number of hydrogen-bond donors (Lipinski definition) is 1. The Balaban J connectivity index is 2.88. The van der Waals surface area contributed by atoms with Gasteiger partial charge >= 0.3 is 0 Å². The molecule has 0 amide bonds. The molecular weight excluding hydrogens is 164 g/mol.